The number of amides is 2. The largest absolute Gasteiger partial charge is 0.481 e. The van der Waals surface area contributed by atoms with Crippen molar-refractivity contribution in [1.82, 2.24) is 4.90 Å². The minimum Gasteiger partial charge on any atom is -0.481 e. The van der Waals surface area contributed by atoms with E-state index in [-0.39, 0.29) is 30.8 Å². The van der Waals surface area contributed by atoms with Gasteiger partial charge in [0.05, 0.1) is 5.92 Å². The normalized spacial score (nSPS) is 21.4. The van der Waals surface area contributed by atoms with Gasteiger partial charge in [0.25, 0.3) is 5.91 Å². The van der Waals surface area contributed by atoms with Gasteiger partial charge < -0.3 is 14.9 Å². The van der Waals surface area contributed by atoms with Gasteiger partial charge in [-0.2, -0.15) is 0 Å². The van der Waals surface area contributed by atoms with E-state index in [0.717, 1.165) is 25.7 Å². The summed E-state index contributed by atoms with van der Waals surface area (Å²) in [4.78, 5) is 39.3. The van der Waals surface area contributed by atoms with Crippen molar-refractivity contribution in [2.75, 3.05) is 18.5 Å². The Morgan fingerprint density at radius 3 is 2.56 bits per heavy atom. The van der Waals surface area contributed by atoms with Crippen molar-refractivity contribution in [2.45, 2.75) is 44.6 Å². The molecule has 25 heavy (non-hydrogen) atoms. The third-order valence-corrected chi connectivity index (χ3v) is 5.32. The zero-order chi connectivity index (χ0) is 18.0. The molecule has 1 aliphatic carbocycles. The van der Waals surface area contributed by atoms with Crippen LogP contribution in [0.2, 0.25) is 0 Å². The molecule has 1 aromatic carbocycles. The van der Waals surface area contributed by atoms with E-state index in [4.69, 9.17) is 5.11 Å². The van der Waals surface area contributed by atoms with Gasteiger partial charge in [0.1, 0.15) is 0 Å². The van der Waals surface area contributed by atoms with E-state index in [9.17, 15) is 14.4 Å². The molecule has 0 aromatic heterocycles. The SMILES string of the molecule is CN(C(=O)c1cccc(N2C[C@@H](C(=O)O)CC2=O)c1)C1CCCCC1. The lowest BCUT2D eigenvalue weighted by atomic mass is 9.94. The molecule has 6 nitrogen and oxygen atoms in total. The number of rotatable bonds is 4. The first-order valence-corrected chi connectivity index (χ1v) is 8.88. The fraction of sp³-hybridized carbons (Fsp3) is 0.526. The molecule has 1 atom stereocenters. The van der Waals surface area contributed by atoms with Crippen molar-refractivity contribution < 1.29 is 19.5 Å². The highest BCUT2D eigenvalue weighted by molar-refractivity contribution is 6.01. The highest BCUT2D eigenvalue weighted by Gasteiger charge is 2.35. The van der Waals surface area contributed by atoms with E-state index in [0.29, 0.717) is 11.3 Å². The third kappa shape index (κ3) is 3.67. The van der Waals surface area contributed by atoms with Crippen LogP contribution >= 0.6 is 0 Å². The number of anilines is 1. The summed E-state index contributed by atoms with van der Waals surface area (Å²) >= 11 is 0. The molecule has 1 N–H and O–H groups in total. The molecule has 0 radical (unpaired) electrons. The van der Waals surface area contributed by atoms with Crippen molar-refractivity contribution in [1.29, 1.82) is 0 Å². The summed E-state index contributed by atoms with van der Waals surface area (Å²) < 4.78 is 0. The fourth-order valence-corrected chi connectivity index (χ4v) is 3.77. The first-order valence-electron chi connectivity index (χ1n) is 8.88. The maximum absolute atomic E-state index is 12.8. The van der Waals surface area contributed by atoms with Crippen molar-refractivity contribution in [2.24, 2.45) is 5.92 Å². The van der Waals surface area contributed by atoms with Crippen LogP contribution in [0.3, 0.4) is 0 Å². The maximum atomic E-state index is 12.8. The van der Waals surface area contributed by atoms with E-state index < -0.39 is 11.9 Å². The van der Waals surface area contributed by atoms with Crippen LogP contribution in [-0.2, 0) is 9.59 Å². The molecule has 0 bridgehead atoms. The summed E-state index contributed by atoms with van der Waals surface area (Å²) in [5, 5.41) is 9.12. The minimum atomic E-state index is -0.958. The Bertz CT molecular complexity index is 682. The number of nitrogens with zero attached hydrogens (tertiary/aromatic N) is 2. The van der Waals surface area contributed by atoms with Crippen LogP contribution in [-0.4, -0.2) is 47.4 Å². The van der Waals surface area contributed by atoms with Gasteiger partial charge in [0.15, 0.2) is 0 Å². The van der Waals surface area contributed by atoms with Gasteiger partial charge in [-0.1, -0.05) is 25.3 Å². The average molecular weight is 344 g/mol. The maximum Gasteiger partial charge on any atom is 0.308 e. The van der Waals surface area contributed by atoms with Crippen LogP contribution in [0.4, 0.5) is 5.69 Å². The lowest BCUT2D eigenvalue weighted by Crippen LogP contribution is -2.38. The Hall–Kier alpha value is -2.37. The monoisotopic (exact) mass is 344 g/mol. The van der Waals surface area contributed by atoms with Gasteiger partial charge in [-0.15, -0.1) is 0 Å². The molecule has 3 rings (SSSR count). The summed E-state index contributed by atoms with van der Waals surface area (Å²) in [5.74, 6) is -1.90. The Labute approximate surface area is 147 Å². The summed E-state index contributed by atoms with van der Waals surface area (Å²) in [6.45, 7) is 0.157. The van der Waals surface area contributed by atoms with Gasteiger partial charge in [-0.05, 0) is 31.0 Å². The smallest absolute Gasteiger partial charge is 0.308 e. The molecule has 1 aliphatic heterocycles. The molecule has 0 spiro atoms. The highest BCUT2D eigenvalue weighted by Crippen LogP contribution is 2.27. The number of carbonyl (C=O) groups excluding carboxylic acids is 2. The lowest BCUT2D eigenvalue weighted by molar-refractivity contribution is -0.141. The van der Waals surface area contributed by atoms with Crippen molar-refractivity contribution >= 4 is 23.5 Å². The van der Waals surface area contributed by atoms with E-state index >= 15 is 0 Å². The highest BCUT2D eigenvalue weighted by atomic mass is 16.4. The van der Waals surface area contributed by atoms with Crippen LogP contribution in [0.25, 0.3) is 0 Å². The van der Waals surface area contributed by atoms with Crippen LogP contribution in [0.5, 0.6) is 0 Å². The standard InChI is InChI=1S/C19H24N2O4/c1-20(15-7-3-2-4-8-15)18(23)13-6-5-9-16(10-13)21-12-14(19(24)25)11-17(21)22/h5-6,9-10,14-15H,2-4,7-8,11-12H2,1H3,(H,24,25)/t14-/m0/s1. The first-order chi connectivity index (χ1) is 12.0. The fourth-order valence-electron chi connectivity index (χ4n) is 3.77. The second kappa shape index (κ2) is 7.25. The zero-order valence-corrected chi connectivity index (χ0v) is 14.5. The Morgan fingerprint density at radius 2 is 1.92 bits per heavy atom. The van der Waals surface area contributed by atoms with Gasteiger partial charge in [-0.3, -0.25) is 14.4 Å². The predicted octanol–water partition coefficient (Wildman–Crippen LogP) is 2.53. The molecule has 134 valence electrons. The molecular weight excluding hydrogens is 320 g/mol. The molecule has 2 amide bonds. The number of carboxylic acid groups (broad SMARTS) is 1. The van der Waals surface area contributed by atoms with Gasteiger partial charge >= 0.3 is 5.97 Å². The molecule has 2 aliphatic rings. The summed E-state index contributed by atoms with van der Waals surface area (Å²) in [7, 11) is 1.84. The molecule has 2 fully saturated rings. The zero-order valence-electron chi connectivity index (χ0n) is 14.5. The number of hydrogen-bond acceptors (Lipinski definition) is 3. The van der Waals surface area contributed by atoms with E-state index in [1.807, 2.05) is 11.9 Å². The molecule has 1 aromatic rings. The average Bonchev–Trinajstić information content (AvgIpc) is 3.03. The molecule has 1 saturated carbocycles. The van der Waals surface area contributed by atoms with Crippen LogP contribution in [0, 0.1) is 5.92 Å². The molecule has 0 unspecified atom stereocenters. The van der Waals surface area contributed by atoms with E-state index in [1.165, 1.54) is 11.3 Å². The van der Waals surface area contributed by atoms with Crippen molar-refractivity contribution in [3.05, 3.63) is 29.8 Å². The van der Waals surface area contributed by atoms with Gasteiger partial charge in [0, 0.05) is 37.3 Å². The number of carboxylic acids is 1. The van der Waals surface area contributed by atoms with Crippen LogP contribution in [0.1, 0.15) is 48.9 Å². The van der Waals surface area contributed by atoms with Crippen LogP contribution in [0.15, 0.2) is 24.3 Å². The quantitative estimate of drug-likeness (QED) is 0.910. The number of carbonyl (C=O) groups is 3. The Balaban J connectivity index is 1.76. The predicted molar refractivity (Wildman–Crippen MR) is 93.5 cm³/mol. The number of aliphatic carboxylic acids is 1. The molecule has 1 heterocycles. The topological polar surface area (TPSA) is 77.9 Å². The van der Waals surface area contributed by atoms with Crippen LogP contribution < -0.4 is 4.90 Å². The first kappa shape index (κ1) is 17.5. The molecule has 6 heteroatoms. The summed E-state index contributed by atoms with van der Waals surface area (Å²) in [5.41, 5.74) is 1.13. The second-order valence-electron chi connectivity index (χ2n) is 7.00. The van der Waals surface area contributed by atoms with Crippen molar-refractivity contribution in [3.8, 4) is 0 Å². The van der Waals surface area contributed by atoms with Gasteiger partial charge in [0.2, 0.25) is 5.91 Å². The van der Waals surface area contributed by atoms with Gasteiger partial charge in [-0.25, -0.2) is 0 Å². The summed E-state index contributed by atoms with van der Waals surface area (Å²) in [6, 6.07) is 7.22. The lowest BCUT2D eigenvalue weighted by Gasteiger charge is -2.31. The minimum absolute atomic E-state index is 0.00941. The Morgan fingerprint density at radius 1 is 1.20 bits per heavy atom. The number of benzene rings is 1. The molecule has 1 saturated heterocycles. The van der Waals surface area contributed by atoms with E-state index in [1.54, 1.807) is 24.3 Å². The number of hydrogen-bond donors (Lipinski definition) is 1. The van der Waals surface area contributed by atoms with Crippen molar-refractivity contribution in [3.63, 3.8) is 0 Å². The summed E-state index contributed by atoms with van der Waals surface area (Å²) in [6.07, 6.45) is 5.62. The molecular formula is C19H24N2O4. The van der Waals surface area contributed by atoms with E-state index in [2.05, 4.69) is 0 Å². The Kier molecular flexibility index (Phi) is 5.06. The second-order valence-corrected chi connectivity index (χ2v) is 7.00. The third-order valence-electron chi connectivity index (χ3n) is 5.32.